The zero-order chi connectivity index (χ0) is 11.9. The smallest absolute Gasteiger partial charge is 0.311 e. The van der Waals surface area contributed by atoms with Crippen LogP contribution in [0.1, 0.15) is 49.8 Å². The van der Waals surface area contributed by atoms with E-state index in [2.05, 4.69) is 0 Å². The molecular formula is C12H16ClNO2. The molecule has 0 aromatic carbocycles. The Balaban J connectivity index is 2.50. The molecule has 1 N–H and O–H groups in total. The fourth-order valence-electron chi connectivity index (χ4n) is 2.38. The van der Waals surface area contributed by atoms with E-state index >= 15 is 0 Å². The van der Waals surface area contributed by atoms with Crippen LogP contribution in [-0.2, 0) is 11.2 Å². The van der Waals surface area contributed by atoms with Crippen molar-refractivity contribution in [3.05, 3.63) is 22.5 Å². The van der Waals surface area contributed by atoms with Crippen molar-refractivity contribution in [1.29, 1.82) is 0 Å². The molecule has 1 aliphatic rings. The molecule has 4 heteroatoms. The van der Waals surface area contributed by atoms with Gasteiger partial charge in [-0.2, -0.15) is 0 Å². The van der Waals surface area contributed by atoms with Crippen LogP contribution < -0.4 is 0 Å². The summed E-state index contributed by atoms with van der Waals surface area (Å²) in [6.07, 6.45) is 4.45. The zero-order valence-corrected chi connectivity index (χ0v) is 10.3. The molecule has 0 saturated heterocycles. The number of carboxylic acid groups (broad SMARTS) is 1. The van der Waals surface area contributed by atoms with Gasteiger partial charge in [0.15, 0.2) is 0 Å². The third-order valence-electron chi connectivity index (χ3n) is 3.25. The van der Waals surface area contributed by atoms with E-state index in [4.69, 9.17) is 11.6 Å². The van der Waals surface area contributed by atoms with E-state index in [-0.39, 0.29) is 12.0 Å². The van der Waals surface area contributed by atoms with Crippen molar-refractivity contribution in [2.75, 3.05) is 0 Å². The third-order valence-corrected chi connectivity index (χ3v) is 3.68. The number of aromatic nitrogens is 1. The second-order valence-electron chi connectivity index (χ2n) is 4.64. The van der Waals surface area contributed by atoms with Gasteiger partial charge in [-0.1, -0.05) is 11.6 Å². The highest BCUT2D eigenvalue weighted by molar-refractivity contribution is 6.30. The molecule has 3 nitrogen and oxygen atoms in total. The van der Waals surface area contributed by atoms with Crippen molar-refractivity contribution in [2.45, 2.75) is 45.1 Å². The van der Waals surface area contributed by atoms with Gasteiger partial charge in [-0.25, -0.2) is 0 Å². The number of nitrogens with zero attached hydrogens (tertiary/aromatic N) is 1. The van der Waals surface area contributed by atoms with E-state index in [1.165, 1.54) is 0 Å². The van der Waals surface area contributed by atoms with Gasteiger partial charge in [-0.05, 0) is 44.2 Å². The monoisotopic (exact) mass is 241 g/mol. The van der Waals surface area contributed by atoms with Gasteiger partial charge in [0.25, 0.3) is 0 Å². The first-order valence-corrected chi connectivity index (χ1v) is 6.02. The molecule has 2 rings (SSSR count). The maximum atomic E-state index is 11.2. The van der Waals surface area contributed by atoms with Crippen LogP contribution >= 0.6 is 11.6 Å². The van der Waals surface area contributed by atoms with Crippen LogP contribution in [0.4, 0.5) is 0 Å². The Kier molecular flexibility index (Phi) is 2.98. The molecule has 88 valence electrons. The third kappa shape index (κ3) is 1.73. The van der Waals surface area contributed by atoms with Crippen LogP contribution in [0.2, 0.25) is 5.15 Å². The lowest BCUT2D eigenvalue weighted by Crippen LogP contribution is -2.16. The van der Waals surface area contributed by atoms with Crippen LogP contribution in [0.25, 0.3) is 0 Å². The van der Waals surface area contributed by atoms with Gasteiger partial charge in [-0.15, -0.1) is 0 Å². The maximum absolute atomic E-state index is 11.2. The van der Waals surface area contributed by atoms with Gasteiger partial charge in [-0.3, -0.25) is 4.79 Å². The van der Waals surface area contributed by atoms with Crippen molar-refractivity contribution in [1.82, 2.24) is 4.57 Å². The van der Waals surface area contributed by atoms with Gasteiger partial charge in [0.2, 0.25) is 0 Å². The molecule has 0 spiro atoms. The molecule has 1 aromatic rings. The van der Waals surface area contributed by atoms with Crippen molar-refractivity contribution in [3.8, 4) is 0 Å². The first-order valence-electron chi connectivity index (χ1n) is 5.64. The molecule has 0 radical (unpaired) electrons. The minimum Gasteiger partial charge on any atom is -0.481 e. The number of carbonyl (C=O) groups is 1. The van der Waals surface area contributed by atoms with Crippen molar-refractivity contribution < 1.29 is 9.90 Å². The average Bonchev–Trinajstić information content (AvgIpc) is 2.56. The summed E-state index contributed by atoms with van der Waals surface area (Å²) in [5.74, 6) is -1.11. The number of rotatable bonds is 2. The summed E-state index contributed by atoms with van der Waals surface area (Å²) in [7, 11) is 0. The summed E-state index contributed by atoms with van der Waals surface area (Å²) in [5, 5.41) is 9.89. The van der Waals surface area contributed by atoms with Crippen molar-refractivity contribution >= 4 is 17.6 Å². The molecule has 0 fully saturated rings. The predicted octanol–water partition coefficient (Wildman–Crippen LogP) is 3.23. The molecule has 0 aliphatic heterocycles. The van der Waals surface area contributed by atoms with Crippen molar-refractivity contribution in [3.63, 3.8) is 0 Å². The van der Waals surface area contributed by atoms with Gasteiger partial charge in [0.1, 0.15) is 5.15 Å². The summed E-state index contributed by atoms with van der Waals surface area (Å²) >= 11 is 6.28. The molecule has 0 saturated carbocycles. The molecule has 1 aromatic heterocycles. The van der Waals surface area contributed by atoms with Crippen LogP contribution in [0, 0.1) is 0 Å². The Hall–Kier alpha value is -0.960. The quantitative estimate of drug-likeness (QED) is 0.864. The standard InChI is InChI=1S/C12H16ClNO2/c1-7(2)14-6-10-8(11(14)13)4-3-5-9(10)12(15)16/h6-7,9H,3-5H2,1-2H3,(H,15,16). The molecule has 16 heavy (non-hydrogen) atoms. The SMILES string of the molecule is CC(C)n1cc2c(c1Cl)CCCC2C(=O)O. The maximum Gasteiger partial charge on any atom is 0.311 e. The second-order valence-corrected chi connectivity index (χ2v) is 5.00. The highest BCUT2D eigenvalue weighted by Crippen LogP contribution is 2.38. The number of fused-ring (bicyclic) bond motifs is 1. The Labute approximate surface area is 100 Å². The summed E-state index contributed by atoms with van der Waals surface area (Å²) in [6, 6.07) is 0.271. The summed E-state index contributed by atoms with van der Waals surface area (Å²) in [6.45, 7) is 4.10. The Morgan fingerprint density at radius 3 is 2.88 bits per heavy atom. The molecular weight excluding hydrogens is 226 g/mol. The van der Waals surface area contributed by atoms with E-state index < -0.39 is 5.97 Å². The van der Waals surface area contributed by atoms with Gasteiger partial charge >= 0.3 is 5.97 Å². The van der Waals surface area contributed by atoms with Crippen LogP contribution in [0.5, 0.6) is 0 Å². The minimum atomic E-state index is -0.737. The number of aliphatic carboxylic acids is 1. The number of hydrogen-bond acceptors (Lipinski definition) is 1. The van der Waals surface area contributed by atoms with E-state index in [1.54, 1.807) is 0 Å². The van der Waals surface area contributed by atoms with E-state index in [1.807, 2.05) is 24.6 Å². The highest BCUT2D eigenvalue weighted by atomic mass is 35.5. The molecule has 1 unspecified atom stereocenters. The number of hydrogen-bond donors (Lipinski definition) is 1. The predicted molar refractivity (Wildman–Crippen MR) is 63.1 cm³/mol. The lowest BCUT2D eigenvalue weighted by atomic mass is 9.86. The van der Waals surface area contributed by atoms with Crippen molar-refractivity contribution in [2.24, 2.45) is 0 Å². The fourth-order valence-corrected chi connectivity index (χ4v) is 2.83. The van der Waals surface area contributed by atoms with Gasteiger partial charge in [0, 0.05) is 12.2 Å². The largest absolute Gasteiger partial charge is 0.481 e. The lowest BCUT2D eigenvalue weighted by Gasteiger charge is -2.18. The highest BCUT2D eigenvalue weighted by Gasteiger charge is 2.30. The number of carboxylic acids is 1. The average molecular weight is 242 g/mol. The Bertz CT molecular complexity index is 423. The Morgan fingerprint density at radius 1 is 1.62 bits per heavy atom. The van der Waals surface area contributed by atoms with Crippen LogP contribution in [0.15, 0.2) is 6.20 Å². The van der Waals surface area contributed by atoms with Gasteiger partial charge in [0.05, 0.1) is 5.92 Å². The summed E-state index contributed by atoms with van der Waals surface area (Å²) in [5.41, 5.74) is 1.95. The van der Waals surface area contributed by atoms with E-state index in [0.717, 1.165) is 35.5 Å². The number of halogens is 1. The van der Waals surface area contributed by atoms with Gasteiger partial charge < -0.3 is 9.67 Å². The van der Waals surface area contributed by atoms with Crippen LogP contribution in [0.3, 0.4) is 0 Å². The first-order chi connectivity index (χ1) is 7.52. The topological polar surface area (TPSA) is 42.2 Å². The zero-order valence-electron chi connectivity index (χ0n) is 9.53. The van der Waals surface area contributed by atoms with Crippen LogP contribution in [-0.4, -0.2) is 15.6 Å². The molecule has 1 atom stereocenters. The summed E-state index contributed by atoms with van der Waals surface area (Å²) < 4.78 is 1.97. The Morgan fingerprint density at radius 2 is 2.31 bits per heavy atom. The lowest BCUT2D eigenvalue weighted by molar-refractivity contribution is -0.139. The summed E-state index contributed by atoms with van der Waals surface area (Å²) in [4.78, 5) is 11.2. The normalized spacial score (nSPS) is 19.9. The molecule has 1 aliphatic carbocycles. The fraction of sp³-hybridized carbons (Fsp3) is 0.583. The molecule has 0 bridgehead atoms. The first kappa shape index (κ1) is 11.5. The molecule has 1 heterocycles. The second kappa shape index (κ2) is 4.13. The van der Waals surface area contributed by atoms with E-state index in [9.17, 15) is 9.90 Å². The molecule has 0 amide bonds. The minimum absolute atomic E-state index is 0.271. The van der Waals surface area contributed by atoms with E-state index in [0.29, 0.717) is 0 Å².